The first kappa shape index (κ1) is 23.1. The Labute approximate surface area is 186 Å². The smallest absolute Gasteiger partial charge is 0.324 e. The molecular formula is C21H23ClN2O6S. The van der Waals surface area contributed by atoms with Crippen molar-refractivity contribution < 1.29 is 27.5 Å². The normalized spacial score (nSPS) is 16.7. The van der Waals surface area contributed by atoms with Crippen LogP contribution in [0.15, 0.2) is 47.4 Å². The molecule has 1 aliphatic heterocycles. The molecule has 1 aliphatic rings. The highest BCUT2D eigenvalue weighted by Gasteiger charge is 2.40. The summed E-state index contributed by atoms with van der Waals surface area (Å²) in [5.41, 5.74) is 1.37. The number of halogens is 1. The molecule has 31 heavy (non-hydrogen) atoms. The van der Waals surface area contributed by atoms with Crippen LogP contribution in [0.4, 0.5) is 5.69 Å². The Morgan fingerprint density at radius 1 is 1.19 bits per heavy atom. The van der Waals surface area contributed by atoms with Crippen molar-refractivity contribution in [1.29, 1.82) is 0 Å². The summed E-state index contributed by atoms with van der Waals surface area (Å²) in [6.45, 7) is 1.52. The van der Waals surface area contributed by atoms with Crippen molar-refractivity contribution in [3.63, 3.8) is 0 Å². The maximum Gasteiger partial charge on any atom is 0.324 e. The van der Waals surface area contributed by atoms with Crippen LogP contribution in [-0.4, -0.2) is 50.9 Å². The van der Waals surface area contributed by atoms with E-state index in [0.29, 0.717) is 29.3 Å². The lowest BCUT2D eigenvalue weighted by atomic mass is 10.2. The second kappa shape index (κ2) is 9.67. The Hall–Kier alpha value is -2.62. The number of esters is 1. The van der Waals surface area contributed by atoms with E-state index in [1.165, 1.54) is 31.4 Å². The number of hydrogen-bond acceptors (Lipinski definition) is 6. The number of methoxy groups -OCH3 is 1. The zero-order chi connectivity index (χ0) is 22.6. The molecule has 0 unspecified atom stereocenters. The first-order valence-electron chi connectivity index (χ1n) is 9.61. The number of carbonyl (C=O) groups excluding carboxylic acids is 2. The number of aryl methyl sites for hydroxylation is 1. The third kappa shape index (κ3) is 5.36. The predicted molar refractivity (Wildman–Crippen MR) is 116 cm³/mol. The van der Waals surface area contributed by atoms with Gasteiger partial charge in [0.1, 0.15) is 11.8 Å². The molecule has 8 nitrogen and oxygen atoms in total. The zero-order valence-electron chi connectivity index (χ0n) is 17.1. The highest BCUT2D eigenvalue weighted by molar-refractivity contribution is 7.89. The van der Waals surface area contributed by atoms with Crippen LogP contribution >= 0.6 is 11.6 Å². The van der Waals surface area contributed by atoms with Crippen LogP contribution in [0.1, 0.15) is 18.4 Å². The molecule has 3 rings (SSSR count). The maximum atomic E-state index is 12.9. The fourth-order valence-electron chi connectivity index (χ4n) is 3.34. The van der Waals surface area contributed by atoms with E-state index >= 15 is 0 Å². The van der Waals surface area contributed by atoms with Crippen LogP contribution in [0.25, 0.3) is 0 Å². The van der Waals surface area contributed by atoms with E-state index in [1.54, 1.807) is 12.1 Å². The number of amides is 1. The average molecular weight is 467 g/mol. The van der Waals surface area contributed by atoms with Gasteiger partial charge in [0.05, 0.1) is 17.7 Å². The number of rotatable bonds is 7. The van der Waals surface area contributed by atoms with Crippen LogP contribution < -0.4 is 10.1 Å². The van der Waals surface area contributed by atoms with Gasteiger partial charge in [-0.2, -0.15) is 4.31 Å². The summed E-state index contributed by atoms with van der Waals surface area (Å²) < 4.78 is 37.3. The second-order valence-electron chi connectivity index (χ2n) is 7.09. The van der Waals surface area contributed by atoms with Crippen molar-refractivity contribution in [3.05, 3.63) is 53.1 Å². The van der Waals surface area contributed by atoms with Gasteiger partial charge < -0.3 is 14.8 Å². The van der Waals surface area contributed by atoms with Gasteiger partial charge in [0.25, 0.3) is 5.91 Å². The lowest BCUT2D eigenvalue weighted by Crippen LogP contribution is -2.42. The highest BCUT2D eigenvalue weighted by Crippen LogP contribution is 2.28. The third-order valence-electron chi connectivity index (χ3n) is 4.87. The van der Waals surface area contributed by atoms with E-state index < -0.39 is 34.5 Å². The first-order valence-corrected chi connectivity index (χ1v) is 11.4. The minimum Gasteiger partial charge on any atom is -0.495 e. The van der Waals surface area contributed by atoms with Crippen molar-refractivity contribution in [2.24, 2.45) is 0 Å². The lowest BCUT2D eigenvalue weighted by Gasteiger charge is -2.22. The molecule has 2 aromatic carbocycles. The number of ether oxygens (including phenoxy) is 2. The summed E-state index contributed by atoms with van der Waals surface area (Å²) in [6.07, 6.45) is 0.832. The Kier molecular flexibility index (Phi) is 7.19. The molecular weight excluding hydrogens is 444 g/mol. The van der Waals surface area contributed by atoms with Crippen molar-refractivity contribution in [1.82, 2.24) is 4.31 Å². The number of sulfonamides is 1. The summed E-state index contributed by atoms with van der Waals surface area (Å²) in [7, 11) is -2.41. The summed E-state index contributed by atoms with van der Waals surface area (Å²) in [5.74, 6) is -0.843. The molecule has 0 spiro atoms. The van der Waals surface area contributed by atoms with Gasteiger partial charge in [-0.05, 0) is 61.7 Å². The van der Waals surface area contributed by atoms with Gasteiger partial charge in [-0.15, -0.1) is 0 Å². The molecule has 1 heterocycles. The molecule has 1 amide bonds. The molecule has 0 aromatic heterocycles. The van der Waals surface area contributed by atoms with Gasteiger partial charge in [0.2, 0.25) is 10.0 Å². The first-order chi connectivity index (χ1) is 14.7. The van der Waals surface area contributed by atoms with Crippen LogP contribution in [0.2, 0.25) is 5.02 Å². The number of nitrogens with one attached hydrogen (secondary N) is 1. The van der Waals surface area contributed by atoms with E-state index in [4.69, 9.17) is 21.1 Å². The predicted octanol–water partition coefficient (Wildman–Crippen LogP) is 2.99. The standard InChI is InChI=1S/C21H23ClN2O6S/c1-14-5-10-19(29-2)17(12-14)23-20(25)13-30-21(26)18-4-3-11-24(18)31(27,28)16-8-6-15(22)7-9-16/h5-10,12,18H,3-4,11,13H2,1-2H3,(H,23,25)/t18-/m1/s1. The number of nitrogens with zero attached hydrogens (tertiary/aromatic N) is 1. The van der Waals surface area contributed by atoms with Crippen molar-refractivity contribution >= 4 is 39.2 Å². The van der Waals surface area contributed by atoms with Gasteiger partial charge in [0, 0.05) is 11.6 Å². The Balaban J connectivity index is 1.64. The average Bonchev–Trinajstić information content (AvgIpc) is 3.23. The highest BCUT2D eigenvalue weighted by atomic mass is 35.5. The minimum atomic E-state index is -3.89. The summed E-state index contributed by atoms with van der Waals surface area (Å²) in [6, 6.07) is 10.0. The molecule has 1 atom stereocenters. The van der Waals surface area contributed by atoms with Gasteiger partial charge in [0.15, 0.2) is 6.61 Å². The van der Waals surface area contributed by atoms with Crippen molar-refractivity contribution in [3.8, 4) is 5.75 Å². The lowest BCUT2D eigenvalue weighted by molar-refractivity contribution is -0.150. The number of carbonyl (C=O) groups is 2. The Morgan fingerprint density at radius 3 is 2.58 bits per heavy atom. The van der Waals surface area contributed by atoms with Crippen LogP contribution in [0.5, 0.6) is 5.75 Å². The largest absolute Gasteiger partial charge is 0.495 e. The molecule has 10 heteroatoms. The van der Waals surface area contributed by atoms with Crippen LogP contribution in [0, 0.1) is 6.92 Å². The summed E-state index contributed by atoms with van der Waals surface area (Å²) in [4.78, 5) is 24.9. The summed E-state index contributed by atoms with van der Waals surface area (Å²) in [5, 5.41) is 3.05. The van der Waals surface area contributed by atoms with Crippen molar-refractivity contribution in [2.75, 3.05) is 25.6 Å². The van der Waals surface area contributed by atoms with E-state index in [9.17, 15) is 18.0 Å². The van der Waals surface area contributed by atoms with Gasteiger partial charge in [-0.3, -0.25) is 9.59 Å². The fourth-order valence-corrected chi connectivity index (χ4v) is 5.12. The molecule has 0 saturated carbocycles. The molecule has 0 radical (unpaired) electrons. The third-order valence-corrected chi connectivity index (χ3v) is 7.04. The molecule has 166 valence electrons. The van der Waals surface area contributed by atoms with Crippen LogP contribution in [0.3, 0.4) is 0 Å². The van der Waals surface area contributed by atoms with Crippen LogP contribution in [-0.2, 0) is 24.3 Å². The van der Waals surface area contributed by atoms with E-state index in [2.05, 4.69) is 5.32 Å². The van der Waals surface area contributed by atoms with Gasteiger partial charge in [-0.1, -0.05) is 17.7 Å². The fraction of sp³-hybridized carbons (Fsp3) is 0.333. The molecule has 1 saturated heterocycles. The van der Waals surface area contributed by atoms with E-state index in [-0.39, 0.29) is 11.4 Å². The maximum absolute atomic E-state index is 12.9. The molecule has 0 aliphatic carbocycles. The minimum absolute atomic E-state index is 0.0425. The SMILES string of the molecule is COc1ccc(C)cc1NC(=O)COC(=O)[C@H]1CCCN1S(=O)(=O)c1ccc(Cl)cc1. The molecule has 1 N–H and O–H groups in total. The Bertz CT molecular complexity index is 1070. The monoisotopic (exact) mass is 466 g/mol. The quantitative estimate of drug-likeness (QED) is 0.629. The van der Waals surface area contributed by atoms with Gasteiger partial charge in [-0.25, -0.2) is 8.42 Å². The van der Waals surface area contributed by atoms with E-state index in [0.717, 1.165) is 9.87 Å². The van der Waals surface area contributed by atoms with E-state index in [1.807, 2.05) is 13.0 Å². The Morgan fingerprint density at radius 2 is 1.90 bits per heavy atom. The topological polar surface area (TPSA) is 102 Å². The van der Waals surface area contributed by atoms with Gasteiger partial charge >= 0.3 is 5.97 Å². The number of anilines is 1. The number of benzene rings is 2. The summed E-state index contributed by atoms with van der Waals surface area (Å²) >= 11 is 5.83. The second-order valence-corrected chi connectivity index (χ2v) is 9.41. The van der Waals surface area contributed by atoms with Crippen molar-refractivity contribution in [2.45, 2.75) is 30.7 Å². The zero-order valence-corrected chi connectivity index (χ0v) is 18.7. The molecule has 2 aromatic rings. The molecule has 0 bridgehead atoms. The molecule has 1 fully saturated rings. The number of hydrogen-bond donors (Lipinski definition) is 1.